The number of anilines is 1. The topological polar surface area (TPSA) is 50.8 Å². The zero-order valence-electron chi connectivity index (χ0n) is 13.7. The van der Waals surface area contributed by atoms with Crippen molar-refractivity contribution in [3.05, 3.63) is 51.5 Å². The largest absolute Gasteiger partial charge is 0.495 e. The highest BCUT2D eigenvalue weighted by molar-refractivity contribution is 9.10. The molecule has 2 aromatic rings. The summed E-state index contributed by atoms with van der Waals surface area (Å²) in [6.45, 7) is 1.92. The summed E-state index contributed by atoms with van der Waals surface area (Å²) < 4.78 is 12.4. The average Bonchev–Trinajstić information content (AvgIpc) is 2.55. The minimum atomic E-state index is -0.800. The number of carbonyl (C=O) groups excluding carboxylic acids is 1. The highest BCUT2D eigenvalue weighted by Crippen LogP contribution is 2.46. The summed E-state index contributed by atoms with van der Waals surface area (Å²) in [6.07, 6.45) is 0.631. The van der Waals surface area contributed by atoms with E-state index in [4.69, 9.17) is 21.1 Å². The lowest BCUT2D eigenvalue weighted by Gasteiger charge is -2.50. The molecular weight excluding hydrogens is 408 g/mol. The number of rotatable bonds is 2. The van der Waals surface area contributed by atoms with Crippen LogP contribution in [0.1, 0.15) is 24.9 Å². The Morgan fingerprint density at radius 1 is 1.36 bits per heavy atom. The van der Waals surface area contributed by atoms with Gasteiger partial charge in [-0.15, -0.1) is 0 Å². The van der Waals surface area contributed by atoms with Crippen molar-refractivity contribution in [2.75, 3.05) is 12.0 Å². The van der Waals surface area contributed by atoms with E-state index in [2.05, 4.69) is 21.2 Å². The molecule has 4 rings (SSSR count). The van der Waals surface area contributed by atoms with Gasteiger partial charge in [0, 0.05) is 16.5 Å². The molecule has 1 saturated heterocycles. The van der Waals surface area contributed by atoms with Crippen LogP contribution in [0.25, 0.3) is 0 Å². The van der Waals surface area contributed by atoms with Crippen molar-refractivity contribution in [1.29, 1.82) is 0 Å². The number of nitrogens with zero attached hydrogens (tertiary/aromatic N) is 1. The first-order valence-electron chi connectivity index (χ1n) is 7.84. The molecule has 2 heterocycles. The van der Waals surface area contributed by atoms with Gasteiger partial charge in [0.05, 0.1) is 23.9 Å². The van der Waals surface area contributed by atoms with Crippen LogP contribution in [0.5, 0.6) is 11.5 Å². The third kappa shape index (κ3) is 2.64. The number of methoxy groups -OCH3 is 1. The molecule has 130 valence electrons. The number of halogens is 2. The maximum atomic E-state index is 12.8. The summed E-state index contributed by atoms with van der Waals surface area (Å²) >= 11 is 9.72. The van der Waals surface area contributed by atoms with E-state index < -0.39 is 5.72 Å². The van der Waals surface area contributed by atoms with Crippen molar-refractivity contribution < 1.29 is 14.3 Å². The van der Waals surface area contributed by atoms with Crippen molar-refractivity contribution in [2.24, 2.45) is 0 Å². The van der Waals surface area contributed by atoms with Gasteiger partial charge in [-0.1, -0.05) is 27.5 Å². The van der Waals surface area contributed by atoms with Gasteiger partial charge in [0.2, 0.25) is 0 Å². The van der Waals surface area contributed by atoms with Crippen molar-refractivity contribution in [1.82, 2.24) is 5.32 Å². The van der Waals surface area contributed by atoms with E-state index in [1.807, 2.05) is 25.1 Å². The number of amides is 2. The molecular formula is C18H16BrClN2O3. The van der Waals surface area contributed by atoms with Gasteiger partial charge in [0.1, 0.15) is 11.5 Å². The third-order valence-electron chi connectivity index (χ3n) is 4.63. The smallest absolute Gasteiger partial charge is 0.325 e. The monoisotopic (exact) mass is 422 g/mol. The lowest BCUT2D eigenvalue weighted by Crippen LogP contribution is -2.65. The molecule has 0 saturated carbocycles. The van der Waals surface area contributed by atoms with Crippen molar-refractivity contribution in [3.63, 3.8) is 0 Å². The van der Waals surface area contributed by atoms with Gasteiger partial charge >= 0.3 is 6.03 Å². The minimum Gasteiger partial charge on any atom is -0.495 e. The molecule has 2 amide bonds. The second-order valence-corrected chi connectivity index (χ2v) is 7.64. The fourth-order valence-electron chi connectivity index (χ4n) is 3.53. The van der Waals surface area contributed by atoms with Crippen LogP contribution in [0.2, 0.25) is 5.02 Å². The van der Waals surface area contributed by atoms with Crippen molar-refractivity contribution in [2.45, 2.75) is 25.1 Å². The van der Waals surface area contributed by atoms with E-state index in [0.717, 1.165) is 15.8 Å². The Balaban J connectivity index is 1.78. The molecule has 1 fully saturated rings. The second kappa shape index (κ2) is 5.81. The number of hydrogen-bond acceptors (Lipinski definition) is 3. The predicted molar refractivity (Wildman–Crippen MR) is 99.5 cm³/mol. The van der Waals surface area contributed by atoms with Crippen LogP contribution in [-0.4, -0.2) is 18.9 Å². The van der Waals surface area contributed by atoms with Gasteiger partial charge in [-0.05, 0) is 43.3 Å². The summed E-state index contributed by atoms with van der Waals surface area (Å²) in [5.41, 5.74) is 0.837. The molecule has 0 aromatic heterocycles. The van der Waals surface area contributed by atoms with Crippen molar-refractivity contribution >= 4 is 39.2 Å². The average molecular weight is 424 g/mol. The van der Waals surface area contributed by atoms with Crippen LogP contribution in [0.15, 0.2) is 40.9 Å². The molecule has 0 radical (unpaired) electrons. The number of hydrogen-bond donors (Lipinski definition) is 1. The molecule has 2 aliphatic rings. The number of ether oxygens (including phenoxy) is 2. The quantitative estimate of drug-likeness (QED) is 0.749. The number of fused-ring (bicyclic) bond motifs is 4. The molecule has 25 heavy (non-hydrogen) atoms. The molecule has 2 aliphatic heterocycles. The first kappa shape index (κ1) is 16.5. The lowest BCUT2D eigenvalue weighted by atomic mass is 9.90. The predicted octanol–water partition coefficient (Wildman–Crippen LogP) is 4.88. The molecule has 2 aromatic carbocycles. The molecule has 2 bridgehead atoms. The number of urea groups is 1. The van der Waals surface area contributed by atoms with Gasteiger partial charge < -0.3 is 14.8 Å². The van der Waals surface area contributed by atoms with Gasteiger partial charge in [0.15, 0.2) is 5.72 Å². The lowest BCUT2D eigenvalue weighted by molar-refractivity contribution is 0.0378. The summed E-state index contributed by atoms with van der Waals surface area (Å²) in [7, 11) is 1.56. The molecule has 0 spiro atoms. The molecule has 2 unspecified atom stereocenters. The zero-order valence-corrected chi connectivity index (χ0v) is 16.0. The van der Waals surface area contributed by atoms with Crippen LogP contribution in [-0.2, 0) is 0 Å². The first-order valence-corrected chi connectivity index (χ1v) is 9.01. The van der Waals surface area contributed by atoms with Crippen molar-refractivity contribution in [3.8, 4) is 11.5 Å². The standard InChI is InChI=1S/C18H16BrClN2O3/c1-18-9-14(12-7-10(19)3-5-15(12)25-18)21-17(23)22(18)11-4-6-16(24-2)13(20)8-11/h3-8,14H,9H2,1-2H3,(H,21,23). The molecule has 5 nitrogen and oxygen atoms in total. The Morgan fingerprint density at radius 3 is 2.88 bits per heavy atom. The second-order valence-electron chi connectivity index (χ2n) is 6.32. The fourth-order valence-corrected chi connectivity index (χ4v) is 4.16. The minimum absolute atomic E-state index is 0.0938. The van der Waals surface area contributed by atoms with E-state index in [9.17, 15) is 4.79 Å². The Bertz CT molecular complexity index is 875. The number of carbonyl (C=O) groups is 1. The van der Waals surface area contributed by atoms with Gasteiger partial charge in [-0.2, -0.15) is 0 Å². The molecule has 0 aliphatic carbocycles. The highest BCUT2D eigenvalue weighted by atomic mass is 79.9. The van der Waals surface area contributed by atoms with Gasteiger partial charge in [0.25, 0.3) is 0 Å². The van der Waals surface area contributed by atoms with E-state index in [1.54, 1.807) is 30.2 Å². The fraction of sp³-hybridized carbons (Fsp3) is 0.278. The van der Waals surface area contributed by atoms with Crippen LogP contribution in [0.4, 0.5) is 10.5 Å². The summed E-state index contributed by atoms with van der Waals surface area (Å²) in [5.74, 6) is 1.33. The molecule has 7 heteroatoms. The maximum absolute atomic E-state index is 12.8. The summed E-state index contributed by atoms with van der Waals surface area (Å²) in [4.78, 5) is 14.4. The Labute approximate surface area is 159 Å². The Kier molecular flexibility index (Phi) is 3.85. The van der Waals surface area contributed by atoms with Crippen LogP contribution >= 0.6 is 27.5 Å². The zero-order chi connectivity index (χ0) is 17.8. The van der Waals surface area contributed by atoms with E-state index in [-0.39, 0.29) is 12.1 Å². The molecule has 1 N–H and O–H groups in total. The number of nitrogens with one attached hydrogen (secondary N) is 1. The van der Waals surface area contributed by atoms with Crippen LogP contribution < -0.4 is 19.7 Å². The summed E-state index contributed by atoms with van der Waals surface area (Å²) in [5, 5.41) is 3.51. The van der Waals surface area contributed by atoms with E-state index in [0.29, 0.717) is 22.9 Å². The van der Waals surface area contributed by atoms with Gasteiger partial charge in [-0.3, -0.25) is 4.90 Å². The Morgan fingerprint density at radius 2 is 2.16 bits per heavy atom. The maximum Gasteiger partial charge on any atom is 0.325 e. The van der Waals surface area contributed by atoms with E-state index >= 15 is 0 Å². The SMILES string of the molecule is COc1ccc(N2C(=O)NC3CC2(C)Oc2ccc(Br)cc23)cc1Cl. The number of benzene rings is 2. The normalized spacial score (nSPS) is 24.2. The third-order valence-corrected chi connectivity index (χ3v) is 5.42. The van der Waals surface area contributed by atoms with Gasteiger partial charge in [-0.25, -0.2) is 4.79 Å². The highest BCUT2D eigenvalue weighted by Gasteiger charge is 2.49. The van der Waals surface area contributed by atoms with E-state index in [1.165, 1.54) is 0 Å². The summed E-state index contributed by atoms with van der Waals surface area (Å²) in [6, 6.07) is 10.8. The van der Waals surface area contributed by atoms with Crippen LogP contribution in [0, 0.1) is 0 Å². The van der Waals surface area contributed by atoms with Crippen LogP contribution in [0.3, 0.4) is 0 Å². The molecule has 2 atom stereocenters. The Hall–Kier alpha value is -1.92. The first-order chi connectivity index (χ1) is 11.9.